The number of aromatic nitrogens is 2. The van der Waals surface area contributed by atoms with Gasteiger partial charge in [-0.05, 0) is 12.8 Å². The molecule has 1 aliphatic carbocycles. The Hall–Kier alpha value is -0.770. The molecule has 0 unspecified atom stereocenters. The second-order valence-corrected chi connectivity index (χ2v) is 3.34. The molecule has 4 nitrogen and oxygen atoms in total. The molecule has 0 aliphatic heterocycles. The smallest absolute Gasteiger partial charge is 0.264 e. The van der Waals surface area contributed by atoms with Gasteiger partial charge in [-0.1, -0.05) is 6.42 Å². The fourth-order valence-electron chi connectivity index (χ4n) is 1.78. The highest BCUT2D eigenvalue weighted by Gasteiger charge is 2.19. The lowest BCUT2D eigenvalue weighted by atomic mass is 9.96. The fourth-order valence-corrected chi connectivity index (χ4v) is 1.78. The van der Waals surface area contributed by atoms with Crippen molar-refractivity contribution in [3.63, 3.8) is 0 Å². The number of nitrogens with zero attached hydrogens (tertiary/aromatic N) is 2. The van der Waals surface area contributed by atoms with Crippen molar-refractivity contribution in [3.05, 3.63) is 11.8 Å². The number of halogens is 1. The van der Waals surface area contributed by atoms with E-state index in [4.69, 9.17) is 9.93 Å². The molecule has 0 bridgehead atoms. The molecule has 0 radical (unpaired) electrons. The summed E-state index contributed by atoms with van der Waals surface area (Å²) in [5.41, 5.74) is 0.153. The highest BCUT2D eigenvalue weighted by atomic mass is 35.5. The van der Waals surface area contributed by atoms with E-state index in [1.54, 1.807) is 10.9 Å². The van der Waals surface area contributed by atoms with E-state index in [9.17, 15) is 0 Å². The lowest BCUT2D eigenvalue weighted by Gasteiger charge is -2.17. The molecule has 1 heterocycles. The van der Waals surface area contributed by atoms with Crippen LogP contribution in [0.3, 0.4) is 0 Å². The Morgan fingerprint density at radius 3 is 2.62 bits per heavy atom. The molecule has 74 valence electrons. The molecule has 1 aromatic heterocycles. The minimum atomic E-state index is 0. The van der Waals surface area contributed by atoms with E-state index in [1.807, 2.05) is 0 Å². The van der Waals surface area contributed by atoms with Gasteiger partial charge in [0.15, 0.2) is 0 Å². The van der Waals surface area contributed by atoms with E-state index in [1.165, 1.54) is 32.1 Å². The molecule has 1 aromatic rings. The van der Waals surface area contributed by atoms with Crippen LogP contribution in [0.25, 0.3) is 0 Å². The van der Waals surface area contributed by atoms with Crippen molar-refractivity contribution in [2.24, 2.45) is 0 Å². The van der Waals surface area contributed by atoms with Crippen molar-refractivity contribution in [2.75, 3.05) is 0 Å². The topological polar surface area (TPSA) is 55.0 Å². The van der Waals surface area contributed by atoms with Crippen LogP contribution in [0.4, 0.5) is 0 Å². The van der Waals surface area contributed by atoms with Gasteiger partial charge in [0.1, 0.15) is 6.04 Å². The van der Waals surface area contributed by atoms with E-state index < -0.39 is 0 Å². The Labute approximate surface area is 82.8 Å². The summed E-state index contributed by atoms with van der Waals surface area (Å²) in [6.45, 7) is 0. The maximum absolute atomic E-state index is 7.18. The van der Waals surface area contributed by atoms with Crippen LogP contribution in [0, 0.1) is 5.41 Å². The second-order valence-electron chi connectivity index (χ2n) is 3.34. The third-order valence-electron chi connectivity index (χ3n) is 2.43. The highest BCUT2D eigenvalue weighted by molar-refractivity contribution is 4.59. The normalized spacial score (nSPS) is 18.2. The molecule has 0 aromatic carbocycles. The van der Waals surface area contributed by atoms with Crippen molar-refractivity contribution in [1.29, 1.82) is 5.41 Å². The van der Waals surface area contributed by atoms with Gasteiger partial charge in [0.2, 0.25) is 6.20 Å². The molecular weight excluding hydrogens is 190 g/mol. The summed E-state index contributed by atoms with van der Waals surface area (Å²) in [6, 6.07) is 0.474. The minimum absolute atomic E-state index is 0. The van der Waals surface area contributed by atoms with Crippen molar-refractivity contribution < 1.29 is 21.6 Å². The Bertz CT molecular complexity index is 300. The molecule has 1 saturated carbocycles. The van der Waals surface area contributed by atoms with Crippen LogP contribution in [0.15, 0.2) is 10.7 Å². The summed E-state index contributed by atoms with van der Waals surface area (Å²) in [7, 11) is 0. The lowest BCUT2D eigenvalue weighted by Crippen LogP contribution is -3.00. The molecule has 0 saturated heterocycles. The SMILES string of the molecule is N=c1c[n+](C2CCCCC2)[n-]o1.[Cl-]. The Kier molecular flexibility index (Phi) is 3.54. The number of hydrogen-bond donors (Lipinski definition) is 1. The molecule has 1 fully saturated rings. The van der Waals surface area contributed by atoms with Crippen LogP contribution in [0.2, 0.25) is 0 Å². The summed E-state index contributed by atoms with van der Waals surface area (Å²) in [5.74, 6) is 0. The Morgan fingerprint density at radius 2 is 2.08 bits per heavy atom. The van der Waals surface area contributed by atoms with Gasteiger partial charge in [-0.3, -0.25) is 10.7 Å². The fraction of sp³-hybridized carbons (Fsp3) is 0.750. The molecule has 0 atom stereocenters. The zero-order valence-electron chi connectivity index (χ0n) is 7.37. The number of rotatable bonds is 1. The van der Waals surface area contributed by atoms with Crippen LogP contribution in [-0.2, 0) is 0 Å². The summed E-state index contributed by atoms with van der Waals surface area (Å²) in [4.78, 5) is 0. The lowest BCUT2D eigenvalue weighted by molar-refractivity contribution is -0.792. The second kappa shape index (κ2) is 4.46. The quantitative estimate of drug-likeness (QED) is 0.513. The standard InChI is InChI=1S/C8H13N3O.ClH/c9-8-6-11(10-12-8)7-4-2-1-3-5-7;/h6-7,9H,1-5H2;1H/p-1. The van der Waals surface area contributed by atoms with E-state index >= 15 is 0 Å². The average Bonchev–Trinajstić information content (AvgIpc) is 2.54. The molecule has 0 spiro atoms. The third-order valence-corrected chi connectivity index (χ3v) is 2.43. The molecule has 2 rings (SSSR count). The van der Waals surface area contributed by atoms with Crippen molar-refractivity contribution >= 4 is 0 Å². The predicted octanol–water partition coefficient (Wildman–Crippen LogP) is -2.49. The Morgan fingerprint density at radius 1 is 1.38 bits per heavy atom. The zero-order valence-corrected chi connectivity index (χ0v) is 8.13. The first-order chi connectivity index (χ1) is 5.86. The zero-order chi connectivity index (χ0) is 8.39. The van der Waals surface area contributed by atoms with Gasteiger partial charge in [-0.2, -0.15) is 0 Å². The summed E-state index contributed by atoms with van der Waals surface area (Å²) >= 11 is 0. The van der Waals surface area contributed by atoms with Gasteiger partial charge in [0, 0.05) is 12.8 Å². The van der Waals surface area contributed by atoms with Gasteiger partial charge in [-0.25, -0.2) is 4.68 Å². The summed E-state index contributed by atoms with van der Waals surface area (Å²) < 4.78 is 6.49. The number of nitrogens with one attached hydrogen (secondary N) is 1. The maximum Gasteiger partial charge on any atom is 0.264 e. The third kappa shape index (κ3) is 2.34. The van der Waals surface area contributed by atoms with Crippen molar-refractivity contribution in [3.8, 4) is 0 Å². The van der Waals surface area contributed by atoms with Gasteiger partial charge in [-0.15, -0.1) is 0 Å². The molecule has 5 heteroatoms. The van der Waals surface area contributed by atoms with E-state index in [0.717, 1.165) is 0 Å². The van der Waals surface area contributed by atoms with Gasteiger partial charge in [0.25, 0.3) is 5.55 Å². The van der Waals surface area contributed by atoms with Crippen LogP contribution >= 0.6 is 0 Å². The van der Waals surface area contributed by atoms with Crippen LogP contribution in [0.1, 0.15) is 38.1 Å². The summed E-state index contributed by atoms with van der Waals surface area (Å²) in [5, 5.41) is 11.0. The van der Waals surface area contributed by atoms with Crippen molar-refractivity contribution in [1.82, 2.24) is 5.27 Å². The molecule has 13 heavy (non-hydrogen) atoms. The highest BCUT2D eigenvalue weighted by Crippen LogP contribution is 2.22. The van der Waals surface area contributed by atoms with E-state index in [0.29, 0.717) is 6.04 Å². The molecular formula is C8H13ClN3O-. The minimum Gasteiger partial charge on any atom is -1.00 e. The Balaban J connectivity index is 0.000000845. The van der Waals surface area contributed by atoms with Crippen molar-refractivity contribution in [2.45, 2.75) is 38.1 Å². The van der Waals surface area contributed by atoms with Gasteiger partial charge >= 0.3 is 0 Å². The van der Waals surface area contributed by atoms with Crippen LogP contribution < -0.4 is 27.9 Å². The van der Waals surface area contributed by atoms with Crippen LogP contribution in [-0.4, -0.2) is 0 Å². The maximum atomic E-state index is 7.18. The van der Waals surface area contributed by atoms with Gasteiger partial charge < -0.3 is 16.9 Å². The number of hydrogen-bond acceptors (Lipinski definition) is 2. The monoisotopic (exact) mass is 202 g/mol. The van der Waals surface area contributed by atoms with E-state index in [2.05, 4.69) is 5.27 Å². The molecule has 1 aliphatic rings. The van der Waals surface area contributed by atoms with E-state index in [-0.39, 0.29) is 18.0 Å². The van der Waals surface area contributed by atoms with Gasteiger partial charge in [0.05, 0.1) is 0 Å². The summed E-state index contributed by atoms with van der Waals surface area (Å²) in [6.07, 6.45) is 7.90. The molecule has 1 N–H and O–H groups in total. The van der Waals surface area contributed by atoms with Crippen LogP contribution in [0.5, 0.6) is 0 Å². The largest absolute Gasteiger partial charge is 1.00 e. The average molecular weight is 203 g/mol. The first kappa shape index (κ1) is 10.3. The first-order valence-corrected chi connectivity index (χ1v) is 4.46. The molecule has 0 amide bonds. The predicted molar refractivity (Wildman–Crippen MR) is 40.2 cm³/mol. The first-order valence-electron chi connectivity index (χ1n) is 4.46.